The van der Waals surface area contributed by atoms with E-state index in [-0.39, 0.29) is 17.6 Å². The smallest absolute Gasteiger partial charge is 0.354 e. The number of thioether (sulfide) groups is 1. The average Bonchev–Trinajstić information content (AvgIpc) is 2.35. The van der Waals surface area contributed by atoms with Crippen molar-refractivity contribution in [1.82, 2.24) is 19.9 Å². The number of hydrogen-bond donors (Lipinski definition) is 3. The van der Waals surface area contributed by atoms with Gasteiger partial charge in [0.1, 0.15) is 11.5 Å². The topological polar surface area (TPSA) is 141 Å². The molecule has 0 aliphatic carbocycles. The molecule has 0 aromatic carbocycles. The Morgan fingerprint density at radius 3 is 2.58 bits per heavy atom. The van der Waals surface area contributed by atoms with Crippen LogP contribution in [0.4, 0.5) is 11.9 Å². The van der Waals surface area contributed by atoms with Crippen molar-refractivity contribution in [2.24, 2.45) is 0 Å². The summed E-state index contributed by atoms with van der Waals surface area (Å²) in [5.41, 5.74) is 10.9. The van der Waals surface area contributed by atoms with Crippen LogP contribution >= 0.6 is 11.8 Å². The Kier molecular flexibility index (Phi) is 3.76. The molecule has 5 N–H and O–H groups in total. The highest BCUT2D eigenvalue weighted by atomic mass is 32.2. The third kappa shape index (κ3) is 3.52. The highest BCUT2D eigenvalue weighted by Crippen LogP contribution is 2.21. The second-order valence-electron chi connectivity index (χ2n) is 3.44. The van der Waals surface area contributed by atoms with Crippen LogP contribution < -0.4 is 11.5 Å². The first-order chi connectivity index (χ1) is 9.04. The molecule has 0 saturated carbocycles. The third-order valence-electron chi connectivity index (χ3n) is 2.03. The normalized spacial score (nSPS) is 10.3. The fourth-order valence-electron chi connectivity index (χ4n) is 1.29. The van der Waals surface area contributed by atoms with Gasteiger partial charge in [-0.05, 0) is 12.1 Å². The Labute approximate surface area is 112 Å². The Hall–Kier alpha value is -2.42. The van der Waals surface area contributed by atoms with Gasteiger partial charge in [-0.15, -0.1) is 11.8 Å². The summed E-state index contributed by atoms with van der Waals surface area (Å²) in [6.45, 7) is 0. The zero-order valence-electron chi connectivity index (χ0n) is 9.65. The van der Waals surface area contributed by atoms with Crippen molar-refractivity contribution in [3.05, 3.63) is 29.8 Å². The van der Waals surface area contributed by atoms with Gasteiger partial charge in [0.15, 0.2) is 0 Å². The second-order valence-corrected chi connectivity index (χ2v) is 4.49. The summed E-state index contributed by atoms with van der Waals surface area (Å²) in [6.07, 6.45) is 1.43. The summed E-state index contributed by atoms with van der Waals surface area (Å²) in [6, 6.07) is 3.17. The van der Waals surface area contributed by atoms with Gasteiger partial charge < -0.3 is 16.6 Å². The lowest BCUT2D eigenvalue weighted by Gasteiger charge is -2.03. The van der Waals surface area contributed by atoms with Gasteiger partial charge in [0, 0.05) is 11.1 Å². The van der Waals surface area contributed by atoms with Crippen LogP contribution in [0, 0.1) is 0 Å². The number of nitrogen functional groups attached to an aromatic ring is 2. The molecule has 8 nitrogen and oxygen atoms in total. The molecule has 2 heterocycles. The monoisotopic (exact) mass is 278 g/mol. The maximum Gasteiger partial charge on any atom is 0.354 e. The van der Waals surface area contributed by atoms with E-state index in [2.05, 4.69) is 19.9 Å². The van der Waals surface area contributed by atoms with Gasteiger partial charge >= 0.3 is 5.97 Å². The van der Waals surface area contributed by atoms with Crippen LogP contribution in [0.5, 0.6) is 0 Å². The van der Waals surface area contributed by atoms with Gasteiger partial charge in [0.05, 0.1) is 5.75 Å². The van der Waals surface area contributed by atoms with Crippen molar-refractivity contribution < 1.29 is 9.90 Å². The molecule has 0 amide bonds. The van der Waals surface area contributed by atoms with Crippen molar-refractivity contribution in [1.29, 1.82) is 0 Å². The number of hydrogen-bond acceptors (Lipinski definition) is 8. The Bertz CT molecular complexity index is 600. The van der Waals surface area contributed by atoms with Crippen LogP contribution in [0.2, 0.25) is 0 Å². The van der Waals surface area contributed by atoms with Crippen LogP contribution in [-0.4, -0.2) is 31.0 Å². The van der Waals surface area contributed by atoms with E-state index in [9.17, 15) is 4.79 Å². The van der Waals surface area contributed by atoms with E-state index in [0.717, 1.165) is 4.90 Å². The van der Waals surface area contributed by atoms with Gasteiger partial charge in [-0.2, -0.15) is 15.0 Å². The van der Waals surface area contributed by atoms with Crippen LogP contribution in [0.25, 0.3) is 0 Å². The van der Waals surface area contributed by atoms with Gasteiger partial charge in [-0.1, -0.05) is 0 Å². The number of aromatic carboxylic acids is 1. The van der Waals surface area contributed by atoms with Gasteiger partial charge in [-0.25, -0.2) is 9.78 Å². The fraction of sp³-hybridized carbons (Fsp3) is 0.100. The molecule has 9 heteroatoms. The van der Waals surface area contributed by atoms with E-state index in [0.29, 0.717) is 11.6 Å². The van der Waals surface area contributed by atoms with Crippen molar-refractivity contribution in [2.45, 2.75) is 10.6 Å². The van der Waals surface area contributed by atoms with E-state index >= 15 is 0 Å². The number of carboxylic acid groups (broad SMARTS) is 1. The van der Waals surface area contributed by atoms with E-state index in [1.54, 1.807) is 6.07 Å². The molecule has 0 aliphatic heterocycles. The molecule has 0 bridgehead atoms. The molecule has 98 valence electrons. The summed E-state index contributed by atoms with van der Waals surface area (Å²) >= 11 is 1.36. The number of nitrogens with zero attached hydrogens (tertiary/aromatic N) is 4. The average molecular weight is 278 g/mol. The summed E-state index contributed by atoms with van der Waals surface area (Å²) < 4.78 is 0. The first kappa shape index (κ1) is 13.0. The van der Waals surface area contributed by atoms with Crippen molar-refractivity contribution in [3.63, 3.8) is 0 Å². The standard InChI is InChI=1S/C10H10N6O2S/c11-9-14-7(15-10(12)16-9)4-19-5-1-2-13-6(3-5)8(17)18/h1-3H,4H2,(H,17,18)(H4,11,12,14,15,16). The van der Waals surface area contributed by atoms with Gasteiger partial charge in [0.2, 0.25) is 11.9 Å². The predicted octanol–water partition coefficient (Wildman–Crippen LogP) is 0.421. The molecule has 0 spiro atoms. The minimum absolute atomic E-state index is 0.0142. The lowest BCUT2D eigenvalue weighted by Crippen LogP contribution is -2.06. The van der Waals surface area contributed by atoms with Crippen LogP contribution in [0.15, 0.2) is 23.2 Å². The molecule has 0 fully saturated rings. The van der Waals surface area contributed by atoms with E-state index in [1.165, 1.54) is 24.0 Å². The lowest BCUT2D eigenvalue weighted by molar-refractivity contribution is 0.0690. The number of carbonyl (C=O) groups is 1. The second kappa shape index (κ2) is 5.48. The molecular weight excluding hydrogens is 268 g/mol. The maximum absolute atomic E-state index is 10.8. The van der Waals surface area contributed by atoms with E-state index in [4.69, 9.17) is 16.6 Å². The van der Waals surface area contributed by atoms with Crippen molar-refractivity contribution in [2.75, 3.05) is 11.5 Å². The molecule has 2 rings (SSSR count). The largest absolute Gasteiger partial charge is 0.477 e. The highest BCUT2D eigenvalue weighted by Gasteiger charge is 2.07. The Morgan fingerprint density at radius 2 is 1.95 bits per heavy atom. The van der Waals surface area contributed by atoms with Crippen molar-refractivity contribution >= 4 is 29.6 Å². The Balaban J connectivity index is 2.10. The van der Waals surface area contributed by atoms with E-state index < -0.39 is 5.97 Å². The van der Waals surface area contributed by atoms with Gasteiger partial charge in [-0.3, -0.25) is 0 Å². The van der Waals surface area contributed by atoms with Crippen LogP contribution in [-0.2, 0) is 5.75 Å². The van der Waals surface area contributed by atoms with Crippen LogP contribution in [0.3, 0.4) is 0 Å². The maximum atomic E-state index is 10.8. The first-order valence-corrected chi connectivity index (χ1v) is 6.11. The summed E-state index contributed by atoms with van der Waals surface area (Å²) in [5, 5.41) is 8.83. The minimum atomic E-state index is -1.07. The zero-order chi connectivity index (χ0) is 13.8. The zero-order valence-corrected chi connectivity index (χ0v) is 10.5. The van der Waals surface area contributed by atoms with E-state index in [1.807, 2.05) is 0 Å². The molecule has 0 unspecified atom stereocenters. The number of nitrogens with two attached hydrogens (primary N) is 2. The summed E-state index contributed by atoms with van der Waals surface area (Å²) in [7, 11) is 0. The number of anilines is 2. The number of aromatic nitrogens is 4. The summed E-state index contributed by atoms with van der Waals surface area (Å²) in [4.78, 5) is 26.8. The molecule has 0 aliphatic rings. The first-order valence-electron chi connectivity index (χ1n) is 5.12. The molecule has 2 aromatic heterocycles. The summed E-state index contributed by atoms with van der Waals surface area (Å²) in [5.74, 6) is -0.118. The SMILES string of the molecule is Nc1nc(N)nc(CSc2ccnc(C(=O)O)c2)n1. The number of pyridine rings is 1. The molecule has 0 saturated heterocycles. The minimum Gasteiger partial charge on any atom is -0.477 e. The highest BCUT2D eigenvalue weighted by molar-refractivity contribution is 7.98. The van der Waals surface area contributed by atoms with Crippen molar-refractivity contribution in [3.8, 4) is 0 Å². The lowest BCUT2D eigenvalue weighted by atomic mass is 10.3. The molecule has 19 heavy (non-hydrogen) atoms. The third-order valence-corrected chi connectivity index (χ3v) is 3.02. The number of carboxylic acids is 1. The molecule has 2 aromatic rings. The molecular formula is C10H10N6O2S. The van der Waals surface area contributed by atoms with Crippen LogP contribution in [0.1, 0.15) is 16.3 Å². The quantitative estimate of drug-likeness (QED) is 0.678. The molecule has 0 radical (unpaired) electrons. The molecule has 0 atom stereocenters. The fourth-order valence-corrected chi connectivity index (χ4v) is 2.06. The number of rotatable bonds is 4. The van der Waals surface area contributed by atoms with Gasteiger partial charge in [0.25, 0.3) is 0 Å². The predicted molar refractivity (Wildman–Crippen MR) is 69.4 cm³/mol. The Morgan fingerprint density at radius 1 is 1.26 bits per heavy atom.